The molecule has 7 nitrogen and oxygen atoms in total. The van der Waals surface area contributed by atoms with E-state index in [9.17, 15) is 9.18 Å². The number of carbonyl (C=O) groups excluding carboxylic acids is 1. The van der Waals surface area contributed by atoms with E-state index < -0.39 is 0 Å². The van der Waals surface area contributed by atoms with Gasteiger partial charge >= 0.3 is 0 Å². The fraction of sp³-hybridized carbons (Fsp3) is 0.222. The molecular formula is C18H19FN6O. The number of hydrogen-bond donors (Lipinski definition) is 2. The summed E-state index contributed by atoms with van der Waals surface area (Å²) < 4.78 is 14.6. The number of carbonyl (C=O) groups is 1. The third kappa shape index (κ3) is 4.21. The number of nitrogens with zero attached hydrogens (tertiary/aromatic N) is 4. The standard InChI is InChI=1S/C18H19FN6O/c1-12-9-13(2)25(24-12)17-10-16(22-11-23-17)20-7-8-21-18(26)14-3-5-15(19)6-4-14/h3-6,9-11H,7-8H2,1-2H3,(H,21,26)(H,20,22,23). The Balaban J connectivity index is 1.54. The van der Waals surface area contributed by atoms with Gasteiger partial charge in [-0.05, 0) is 44.2 Å². The average molecular weight is 354 g/mol. The first-order valence-corrected chi connectivity index (χ1v) is 8.16. The zero-order valence-electron chi connectivity index (χ0n) is 14.5. The van der Waals surface area contributed by atoms with E-state index in [0.717, 1.165) is 11.4 Å². The number of anilines is 1. The maximum atomic E-state index is 12.9. The third-order valence-electron chi connectivity index (χ3n) is 3.70. The molecule has 26 heavy (non-hydrogen) atoms. The second-order valence-electron chi connectivity index (χ2n) is 5.79. The maximum Gasteiger partial charge on any atom is 0.251 e. The van der Waals surface area contributed by atoms with E-state index in [0.29, 0.717) is 30.3 Å². The molecule has 0 saturated carbocycles. The molecule has 0 aliphatic heterocycles. The molecule has 1 aromatic carbocycles. The summed E-state index contributed by atoms with van der Waals surface area (Å²) in [5.74, 6) is 0.685. The Morgan fingerprint density at radius 2 is 1.88 bits per heavy atom. The summed E-state index contributed by atoms with van der Waals surface area (Å²) in [6.45, 7) is 4.77. The van der Waals surface area contributed by atoms with Gasteiger partial charge in [-0.2, -0.15) is 5.10 Å². The molecule has 1 amide bonds. The van der Waals surface area contributed by atoms with Gasteiger partial charge in [-0.15, -0.1) is 0 Å². The van der Waals surface area contributed by atoms with Gasteiger partial charge < -0.3 is 10.6 Å². The molecular weight excluding hydrogens is 335 g/mol. The Morgan fingerprint density at radius 1 is 1.12 bits per heavy atom. The van der Waals surface area contributed by atoms with Crippen LogP contribution in [-0.4, -0.2) is 38.7 Å². The molecule has 0 spiro atoms. The topological polar surface area (TPSA) is 84.7 Å². The van der Waals surface area contributed by atoms with Gasteiger partial charge in [0.25, 0.3) is 5.91 Å². The Bertz CT molecular complexity index is 906. The van der Waals surface area contributed by atoms with Crippen molar-refractivity contribution >= 4 is 11.7 Å². The van der Waals surface area contributed by atoms with Gasteiger partial charge in [0.05, 0.1) is 5.69 Å². The van der Waals surface area contributed by atoms with Gasteiger partial charge in [0, 0.05) is 30.4 Å². The fourth-order valence-corrected chi connectivity index (χ4v) is 2.49. The van der Waals surface area contributed by atoms with E-state index in [1.165, 1.54) is 30.6 Å². The summed E-state index contributed by atoms with van der Waals surface area (Å²) in [4.78, 5) is 20.4. The van der Waals surface area contributed by atoms with Crippen LogP contribution in [0.3, 0.4) is 0 Å². The van der Waals surface area contributed by atoms with Crippen LogP contribution < -0.4 is 10.6 Å². The lowest BCUT2D eigenvalue weighted by atomic mass is 10.2. The van der Waals surface area contributed by atoms with Crippen LogP contribution in [-0.2, 0) is 0 Å². The monoisotopic (exact) mass is 354 g/mol. The van der Waals surface area contributed by atoms with Crippen molar-refractivity contribution in [3.05, 3.63) is 65.5 Å². The molecule has 2 aromatic heterocycles. The van der Waals surface area contributed by atoms with Crippen molar-refractivity contribution in [3.63, 3.8) is 0 Å². The van der Waals surface area contributed by atoms with Crippen LogP contribution in [0.5, 0.6) is 0 Å². The van der Waals surface area contributed by atoms with E-state index >= 15 is 0 Å². The third-order valence-corrected chi connectivity index (χ3v) is 3.70. The summed E-state index contributed by atoms with van der Waals surface area (Å²) in [6.07, 6.45) is 1.46. The highest BCUT2D eigenvalue weighted by Crippen LogP contribution is 2.12. The second kappa shape index (κ2) is 7.73. The first kappa shape index (κ1) is 17.5. The summed E-state index contributed by atoms with van der Waals surface area (Å²) in [6, 6.07) is 9.18. The number of nitrogens with one attached hydrogen (secondary N) is 2. The van der Waals surface area contributed by atoms with Crippen LogP contribution in [0.1, 0.15) is 21.7 Å². The molecule has 0 fully saturated rings. The highest BCUT2D eigenvalue weighted by molar-refractivity contribution is 5.94. The lowest BCUT2D eigenvalue weighted by Gasteiger charge is -2.09. The fourth-order valence-electron chi connectivity index (χ4n) is 2.49. The lowest BCUT2D eigenvalue weighted by Crippen LogP contribution is -2.28. The molecule has 0 aliphatic carbocycles. The molecule has 2 heterocycles. The number of hydrogen-bond acceptors (Lipinski definition) is 5. The van der Waals surface area contributed by atoms with Crippen LogP contribution in [0.25, 0.3) is 5.82 Å². The first-order valence-electron chi connectivity index (χ1n) is 8.16. The van der Waals surface area contributed by atoms with Crippen LogP contribution in [0.2, 0.25) is 0 Å². The number of benzene rings is 1. The van der Waals surface area contributed by atoms with Crippen LogP contribution in [0.4, 0.5) is 10.2 Å². The van der Waals surface area contributed by atoms with E-state index in [1.54, 1.807) is 10.7 Å². The van der Waals surface area contributed by atoms with E-state index in [2.05, 4.69) is 25.7 Å². The molecule has 0 atom stereocenters. The van der Waals surface area contributed by atoms with Crippen LogP contribution in [0, 0.1) is 19.7 Å². The number of rotatable bonds is 6. The molecule has 3 aromatic rings. The largest absolute Gasteiger partial charge is 0.368 e. The molecule has 0 aliphatic rings. The van der Waals surface area contributed by atoms with Gasteiger partial charge in [-0.25, -0.2) is 19.0 Å². The molecule has 8 heteroatoms. The summed E-state index contributed by atoms with van der Waals surface area (Å²) in [5.41, 5.74) is 2.32. The first-order chi connectivity index (χ1) is 12.5. The summed E-state index contributed by atoms with van der Waals surface area (Å²) >= 11 is 0. The number of amides is 1. The van der Waals surface area contributed by atoms with E-state index in [-0.39, 0.29) is 11.7 Å². The highest BCUT2D eigenvalue weighted by Gasteiger charge is 2.07. The smallest absolute Gasteiger partial charge is 0.251 e. The number of aromatic nitrogens is 4. The second-order valence-corrected chi connectivity index (χ2v) is 5.79. The Kier molecular flexibility index (Phi) is 5.21. The van der Waals surface area contributed by atoms with Crippen LogP contribution in [0.15, 0.2) is 42.7 Å². The number of aryl methyl sites for hydroxylation is 2. The van der Waals surface area contributed by atoms with Crippen molar-refractivity contribution in [2.24, 2.45) is 0 Å². The Labute approximate surface area is 150 Å². The lowest BCUT2D eigenvalue weighted by molar-refractivity contribution is 0.0955. The Hall–Kier alpha value is -3.29. The average Bonchev–Trinajstić information content (AvgIpc) is 2.98. The highest BCUT2D eigenvalue weighted by atomic mass is 19.1. The summed E-state index contributed by atoms with van der Waals surface area (Å²) in [5, 5.41) is 10.3. The van der Waals surface area contributed by atoms with Gasteiger partial charge in [-0.3, -0.25) is 4.79 Å². The predicted octanol–water partition coefficient (Wildman–Crippen LogP) is 2.26. The van der Waals surface area contributed by atoms with Gasteiger partial charge in [0.2, 0.25) is 0 Å². The quantitative estimate of drug-likeness (QED) is 0.663. The van der Waals surface area contributed by atoms with E-state index in [1.807, 2.05) is 19.9 Å². The van der Waals surface area contributed by atoms with Crippen molar-refractivity contribution in [1.29, 1.82) is 0 Å². The van der Waals surface area contributed by atoms with Crippen molar-refractivity contribution in [1.82, 2.24) is 25.1 Å². The number of halogens is 1. The van der Waals surface area contributed by atoms with Gasteiger partial charge in [-0.1, -0.05) is 0 Å². The Morgan fingerprint density at radius 3 is 2.58 bits per heavy atom. The SMILES string of the molecule is Cc1cc(C)n(-c2cc(NCCNC(=O)c3ccc(F)cc3)ncn2)n1. The van der Waals surface area contributed by atoms with E-state index in [4.69, 9.17) is 0 Å². The van der Waals surface area contributed by atoms with Crippen molar-refractivity contribution in [2.45, 2.75) is 13.8 Å². The molecule has 3 rings (SSSR count). The van der Waals surface area contributed by atoms with Crippen molar-refractivity contribution in [3.8, 4) is 5.82 Å². The molecule has 134 valence electrons. The maximum absolute atomic E-state index is 12.9. The van der Waals surface area contributed by atoms with Crippen LogP contribution >= 0.6 is 0 Å². The molecule has 2 N–H and O–H groups in total. The predicted molar refractivity (Wildman–Crippen MR) is 95.9 cm³/mol. The van der Waals surface area contributed by atoms with Gasteiger partial charge in [0.1, 0.15) is 18.0 Å². The normalized spacial score (nSPS) is 10.6. The minimum Gasteiger partial charge on any atom is -0.368 e. The summed E-state index contributed by atoms with van der Waals surface area (Å²) in [7, 11) is 0. The zero-order chi connectivity index (χ0) is 18.5. The minimum absolute atomic E-state index is 0.252. The van der Waals surface area contributed by atoms with Gasteiger partial charge in [0.15, 0.2) is 5.82 Å². The molecule has 0 saturated heterocycles. The minimum atomic E-state index is -0.370. The van der Waals surface area contributed by atoms with Crippen molar-refractivity contribution in [2.75, 3.05) is 18.4 Å². The molecule has 0 radical (unpaired) electrons. The van der Waals surface area contributed by atoms with Crippen molar-refractivity contribution < 1.29 is 9.18 Å². The molecule has 0 bridgehead atoms. The molecule has 0 unspecified atom stereocenters. The zero-order valence-corrected chi connectivity index (χ0v) is 14.5.